The topological polar surface area (TPSA) is 112 Å². The standard InChI is InChI=1S/C22H31NO6S2/c1-3-4-11-22(24)19-12-14-20(15-13-19)23(30(2,25)26)16-6-5-8-18-9-7-10-21(17-18)31(27,28)29/h7,9-10,12-15,17,22,24H,3-6,8,11,16H2,1-2H3,(H,27,28,29). The third-order valence-electron chi connectivity index (χ3n) is 5.07. The molecule has 0 aliphatic heterocycles. The minimum atomic E-state index is -4.25. The van der Waals surface area contributed by atoms with Gasteiger partial charge in [-0.2, -0.15) is 8.42 Å². The first-order chi connectivity index (χ1) is 14.5. The summed E-state index contributed by atoms with van der Waals surface area (Å²) in [5.41, 5.74) is 2.07. The summed E-state index contributed by atoms with van der Waals surface area (Å²) >= 11 is 0. The van der Waals surface area contributed by atoms with Crippen LogP contribution in [0.5, 0.6) is 0 Å². The third kappa shape index (κ3) is 7.92. The summed E-state index contributed by atoms with van der Waals surface area (Å²) in [5.74, 6) is 0. The van der Waals surface area contributed by atoms with E-state index in [1.165, 1.54) is 16.4 Å². The van der Waals surface area contributed by atoms with Crippen LogP contribution in [0.3, 0.4) is 0 Å². The lowest BCUT2D eigenvalue weighted by molar-refractivity contribution is 0.164. The van der Waals surface area contributed by atoms with Crippen LogP contribution in [0.2, 0.25) is 0 Å². The van der Waals surface area contributed by atoms with Crippen LogP contribution < -0.4 is 4.31 Å². The van der Waals surface area contributed by atoms with E-state index in [4.69, 9.17) is 4.55 Å². The van der Waals surface area contributed by atoms with Gasteiger partial charge in [0.1, 0.15) is 0 Å². The zero-order valence-corrected chi connectivity index (χ0v) is 19.6. The van der Waals surface area contributed by atoms with Gasteiger partial charge in [0, 0.05) is 6.54 Å². The molecule has 0 aliphatic rings. The number of unbranched alkanes of at least 4 members (excludes halogenated alkanes) is 2. The summed E-state index contributed by atoms with van der Waals surface area (Å²) in [5, 5.41) is 10.2. The zero-order valence-electron chi connectivity index (χ0n) is 17.9. The van der Waals surface area contributed by atoms with E-state index in [1.54, 1.807) is 36.4 Å². The lowest BCUT2D eigenvalue weighted by atomic mass is 10.0. The number of sulfonamides is 1. The van der Waals surface area contributed by atoms with Crippen LogP contribution in [0, 0.1) is 0 Å². The van der Waals surface area contributed by atoms with Gasteiger partial charge in [-0.15, -0.1) is 0 Å². The SMILES string of the molecule is CCCCC(O)c1ccc(N(CCCCc2cccc(S(=O)(=O)O)c2)S(C)(=O)=O)cc1. The van der Waals surface area contributed by atoms with E-state index in [2.05, 4.69) is 6.92 Å². The van der Waals surface area contributed by atoms with E-state index >= 15 is 0 Å². The number of hydrogen-bond donors (Lipinski definition) is 2. The normalized spacial score (nSPS) is 13.2. The predicted octanol–water partition coefficient (Wildman–Crippen LogP) is 3.95. The fourth-order valence-electron chi connectivity index (χ4n) is 3.36. The fourth-order valence-corrected chi connectivity index (χ4v) is 4.88. The summed E-state index contributed by atoms with van der Waals surface area (Å²) in [6.07, 6.45) is 4.97. The molecule has 2 rings (SSSR count). The van der Waals surface area contributed by atoms with Crippen LogP contribution in [-0.2, 0) is 26.6 Å². The Morgan fingerprint density at radius 1 is 0.968 bits per heavy atom. The number of rotatable bonds is 12. The first-order valence-corrected chi connectivity index (χ1v) is 13.6. The van der Waals surface area contributed by atoms with Crippen LogP contribution in [0.1, 0.15) is 56.3 Å². The highest BCUT2D eigenvalue weighted by Gasteiger charge is 2.18. The second-order valence-corrected chi connectivity index (χ2v) is 11.0. The maximum atomic E-state index is 12.3. The van der Waals surface area contributed by atoms with Crippen LogP contribution in [0.4, 0.5) is 5.69 Å². The number of anilines is 1. The predicted molar refractivity (Wildman–Crippen MR) is 122 cm³/mol. The molecule has 1 unspecified atom stereocenters. The van der Waals surface area contributed by atoms with Crippen molar-refractivity contribution in [1.29, 1.82) is 0 Å². The van der Waals surface area contributed by atoms with Gasteiger partial charge in [0.2, 0.25) is 10.0 Å². The number of aryl methyl sites for hydroxylation is 1. The second-order valence-electron chi connectivity index (χ2n) is 7.66. The molecule has 1 atom stereocenters. The van der Waals surface area contributed by atoms with Gasteiger partial charge in [-0.25, -0.2) is 8.42 Å². The highest BCUT2D eigenvalue weighted by molar-refractivity contribution is 7.92. The molecule has 2 aromatic carbocycles. The monoisotopic (exact) mass is 469 g/mol. The van der Waals surface area contributed by atoms with Gasteiger partial charge >= 0.3 is 0 Å². The Hall–Kier alpha value is -1.94. The highest BCUT2D eigenvalue weighted by atomic mass is 32.2. The molecule has 0 aromatic heterocycles. The Kier molecular flexibility index (Phi) is 9.05. The van der Waals surface area contributed by atoms with E-state index in [9.17, 15) is 21.9 Å². The molecular formula is C22H31NO6S2. The molecule has 0 saturated heterocycles. The molecule has 9 heteroatoms. The first-order valence-electron chi connectivity index (χ1n) is 10.3. The molecule has 172 valence electrons. The molecule has 0 bridgehead atoms. The van der Waals surface area contributed by atoms with Crippen LogP contribution in [0.25, 0.3) is 0 Å². The molecule has 0 aliphatic carbocycles. The van der Waals surface area contributed by atoms with Crippen LogP contribution >= 0.6 is 0 Å². The van der Waals surface area contributed by atoms with Gasteiger partial charge in [-0.1, -0.05) is 44.0 Å². The molecule has 0 saturated carbocycles. The number of hydrogen-bond acceptors (Lipinski definition) is 5. The Bertz CT molecular complexity index is 1050. The van der Waals surface area contributed by atoms with Crippen molar-refractivity contribution < 1.29 is 26.5 Å². The van der Waals surface area contributed by atoms with E-state index < -0.39 is 26.2 Å². The molecule has 0 fully saturated rings. The van der Waals surface area contributed by atoms with Gasteiger partial charge in [-0.05, 0) is 61.1 Å². The Labute approximate surface area is 185 Å². The van der Waals surface area contributed by atoms with Crippen molar-refractivity contribution in [2.24, 2.45) is 0 Å². The van der Waals surface area contributed by atoms with Crippen molar-refractivity contribution in [1.82, 2.24) is 0 Å². The van der Waals surface area contributed by atoms with Crippen LogP contribution in [0.15, 0.2) is 53.4 Å². The Morgan fingerprint density at radius 3 is 2.23 bits per heavy atom. The maximum absolute atomic E-state index is 12.3. The summed E-state index contributed by atoms with van der Waals surface area (Å²) < 4.78 is 57.6. The lowest BCUT2D eigenvalue weighted by Crippen LogP contribution is -2.30. The minimum Gasteiger partial charge on any atom is -0.388 e. The van der Waals surface area contributed by atoms with Crippen molar-refractivity contribution in [2.75, 3.05) is 17.1 Å². The molecule has 2 N–H and O–H groups in total. The van der Waals surface area contributed by atoms with Gasteiger partial charge in [0.15, 0.2) is 0 Å². The average molecular weight is 470 g/mol. The molecule has 0 radical (unpaired) electrons. The molecule has 0 heterocycles. The molecule has 7 nitrogen and oxygen atoms in total. The van der Waals surface area contributed by atoms with Crippen molar-refractivity contribution in [2.45, 2.75) is 56.4 Å². The molecule has 31 heavy (non-hydrogen) atoms. The number of aliphatic hydroxyl groups is 1. The fraction of sp³-hybridized carbons (Fsp3) is 0.455. The van der Waals surface area contributed by atoms with Gasteiger partial charge in [-0.3, -0.25) is 8.86 Å². The van der Waals surface area contributed by atoms with E-state index in [1.807, 2.05) is 0 Å². The Balaban J connectivity index is 2.00. The Morgan fingerprint density at radius 2 is 1.65 bits per heavy atom. The van der Waals surface area contributed by atoms with Crippen molar-refractivity contribution >= 4 is 25.8 Å². The molecular weight excluding hydrogens is 438 g/mol. The maximum Gasteiger partial charge on any atom is 0.294 e. The molecule has 2 aromatic rings. The summed E-state index contributed by atoms with van der Waals surface area (Å²) in [4.78, 5) is -0.149. The third-order valence-corrected chi connectivity index (χ3v) is 7.11. The number of nitrogens with zero attached hydrogens (tertiary/aromatic N) is 1. The van der Waals surface area contributed by atoms with E-state index in [0.29, 0.717) is 31.4 Å². The van der Waals surface area contributed by atoms with Crippen molar-refractivity contribution in [3.05, 3.63) is 59.7 Å². The van der Waals surface area contributed by atoms with E-state index in [0.717, 1.165) is 30.2 Å². The summed E-state index contributed by atoms with van der Waals surface area (Å²) in [6, 6.07) is 13.0. The van der Waals surface area contributed by atoms with Gasteiger partial charge in [0.25, 0.3) is 10.1 Å². The zero-order chi connectivity index (χ0) is 23.1. The molecule has 0 spiro atoms. The largest absolute Gasteiger partial charge is 0.388 e. The number of aliphatic hydroxyl groups excluding tert-OH is 1. The average Bonchev–Trinajstić information content (AvgIpc) is 2.71. The quantitative estimate of drug-likeness (QED) is 0.360. The summed E-state index contributed by atoms with van der Waals surface area (Å²) in [7, 11) is -7.72. The van der Waals surface area contributed by atoms with Gasteiger partial charge in [0.05, 0.1) is 22.9 Å². The van der Waals surface area contributed by atoms with Crippen molar-refractivity contribution in [3.8, 4) is 0 Å². The minimum absolute atomic E-state index is 0.149. The van der Waals surface area contributed by atoms with Gasteiger partial charge < -0.3 is 5.11 Å². The smallest absolute Gasteiger partial charge is 0.294 e. The molecule has 0 amide bonds. The lowest BCUT2D eigenvalue weighted by Gasteiger charge is -2.23. The summed E-state index contributed by atoms with van der Waals surface area (Å²) in [6.45, 7) is 2.35. The first kappa shape index (κ1) is 25.3. The van der Waals surface area contributed by atoms with Crippen LogP contribution in [-0.4, -0.2) is 39.3 Å². The highest BCUT2D eigenvalue weighted by Crippen LogP contribution is 2.24. The van der Waals surface area contributed by atoms with E-state index in [-0.39, 0.29) is 11.4 Å². The number of benzene rings is 2. The van der Waals surface area contributed by atoms with Crippen molar-refractivity contribution in [3.63, 3.8) is 0 Å². The second kappa shape index (κ2) is 11.1.